The van der Waals surface area contributed by atoms with E-state index in [-0.39, 0.29) is 5.91 Å². The minimum absolute atomic E-state index is 0.249. The number of nitrogens with zero attached hydrogens (tertiary/aromatic N) is 2. The summed E-state index contributed by atoms with van der Waals surface area (Å²) in [6.07, 6.45) is 3.49. The normalized spacial score (nSPS) is 22.7. The molecule has 112 valence electrons. The molecule has 0 spiro atoms. The fourth-order valence-electron chi connectivity index (χ4n) is 3.02. The summed E-state index contributed by atoms with van der Waals surface area (Å²) in [5, 5.41) is 0. The van der Waals surface area contributed by atoms with E-state index in [4.69, 9.17) is 0 Å². The first kappa shape index (κ1) is 14.9. The van der Waals surface area contributed by atoms with Gasteiger partial charge in [0.1, 0.15) is 0 Å². The van der Waals surface area contributed by atoms with Crippen molar-refractivity contribution in [3.05, 3.63) is 24.3 Å². The molecule has 0 N–H and O–H groups in total. The third-order valence-corrected chi connectivity index (χ3v) is 6.24. The second-order valence-corrected chi connectivity index (χ2v) is 7.92. The Labute approximate surface area is 133 Å². The Balaban J connectivity index is 1.65. The maximum atomic E-state index is 12.5. The highest BCUT2D eigenvalue weighted by Crippen LogP contribution is 2.30. The van der Waals surface area contributed by atoms with Crippen molar-refractivity contribution in [1.82, 2.24) is 9.88 Å². The Hall–Kier alpha value is -1.07. The molecule has 1 aromatic heterocycles. The van der Waals surface area contributed by atoms with E-state index in [9.17, 15) is 4.79 Å². The van der Waals surface area contributed by atoms with Crippen LogP contribution in [0, 0.1) is 0 Å². The van der Waals surface area contributed by atoms with E-state index in [1.807, 2.05) is 18.2 Å². The topological polar surface area (TPSA) is 33.2 Å². The van der Waals surface area contributed by atoms with E-state index in [1.165, 1.54) is 11.1 Å². The summed E-state index contributed by atoms with van der Waals surface area (Å²) in [6, 6.07) is 8.87. The van der Waals surface area contributed by atoms with Gasteiger partial charge in [-0.05, 0) is 45.2 Å². The molecular formula is C16H20N2OS2. The van der Waals surface area contributed by atoms with Crippen molar-refractivity contribution in [2.24, 2.45) is 0 Å². The number of hydrogen-bond acceptors (Lipinski definition) is 4. The van der Waals surface area contributed by atoms with Crippen molar-refractivity contribution in [3.63, 3.8) is 0 Å². The molecule has 1 amide bonds. The minimum Gasteiger partial charge on any atom is -0.337 e. The molecule has 2 heterocycles. The summed E-state index contributed by atoms with van der Waals surface area (Å²) in [7, 11) is 0. The lowest BCUT2D eigenvalue weighted by Crippen LogP contribution is -2.48. The molecule has 5 heteroatoms. The highest BCUT2D eigenvalue weighted by Gasteiger charge is 2.28. The van der Waals surface area contributed by atoms with Crippen LogP contribution in [0.25, 0.3) is 10.2 Å². The minimum atomic E-state index is 0.249. The third kappa shape index (κ3) is 3.24. The molecule has 0 aliphatic carbocycles. The number of thioether (sulfide) groups is 1. The van der Waals surface area contributed by atoms with Crippen LogP contribution in [0.1, 0.15) is 33.1 Å². The molecular weight excluding hydrogens is 300 g/mol. The number of amides is 1. The molecule has 2 atom stereocenters. The van der Waals surface area contributed by atoms with Crippen molar-refractivity contribution in [2.45, 2.75) is 49.5 Å². The smallest absolute Gasteiger partial charge is 0.233 e. The predicted octanol–water partition coefficient (Wildman–Crippen LogP) is 4.18. The molecule has 1 fully saturated rings. The van der Waals surface area contributed by atoms with Crippen molar-refractivity contribution in [1.29, 1.82) is 0 Å². The van der Waals surface area contributed by atoms with Crippen LogP contribution >= 0.6 is 23.1 Å². The molecule has 0 unspecified atom stereocenters. The summed E-state index contributed by atoms with van der Waals surface area (Å²) in [5.74, 6) is 0.744. The van der Waals surface area contributed by atoms with E-state index in [0.717, 1.165) is 22.7 Å². The van der Waals surface area contributed by atoms with Crippen LogP contribution in [0.5, 0.6) is 0 Å². The number of carbonyl (C=O) groups excluding carboxylic acids is 1. The lowest BCUT2D eigenvalue weighted by molar-refractivity contribution is -0.134. The van der Waals surface area contributed by atoms with Crippen molar-refractivity contribution < 1.29 is 4.79 Å². The van der Waals surface area contributed by atoms with Gasteiger partial charge < -0.3 is 4.90 Å². The third-order valence-electron chi connectivity index (χ3n) is 4.07. The Morgan fingerprint density at radius 1 is 1.33 bits per heavy atom. The van der Waals surface area contributed by atoms with Crippen LogP contribution in [-0.2, 0) is 4.79 Å². The summed E-state index contributed by atoms with van der Waals surface area (Å²) in [5.41, 5.74) is 1.03. The van der Waals surface area contributed by atoms with E-state index in [0.29, 0.717) is 17.8 Å². The first-order valence-electron chi connectivity index (χ1n) is 7.44. The van der Waals surface area contributed by atoms with Gasteiger partial charge in [-0.1, -0.05) is 23.9 Å². The van der Waals surface area contributed by atoms with E-state index in [2.05, 4.69) is 29.8 Å². The fourth-order valence-corrected chi connectivity index (χ4v) is 4.96. The number of benzene rings is 1. The van der Waals surface area contributed by atoms with Crippen LogP contribution in [-0.4, -0.2) is 33.6 Å². The van der Waals surface area contributed by atoms with Crippen LogP contribution < -0.4 is 0 Å². The van der Waals surface area contributed by atoms with Crippen molar-refractivity contribution in [3.8, 4) is 0 Å². The van der Waals surface area contributed by atoms with E-state index < -0.39 is 0 Å². The van der Waals surface area contributed by atoms with Gasteiger partial charge in [0, 0.05) is 12.1 Å². The number of likely N-dealkylation sites (tertiary alicyclic amines) is 1. The van der Waals surface area contributed by atoms with Gasteiger partial charge in [-0.25, -0.2) is 4.98 Å². The van der Waals surface area contributed by atoms with Gasteiger partial charge in [0.25, 0.3) is 0 Å². The second-order valence-electron chi connectivity index (χ2n) is 5.67. The molecule has 21 heavy (non-hydrogen) atoms. The lowest BCUT2D eigenvalue weighted by Gasteiger charge is -2.39. The zero-order valence-corrected chi connectivity index (χ0v) is 14.0. The summed E-state index contributed by atoms with van der Waals surface area (Å²) >= 11 is 3.24. The summed E-state index contributed by atoms with van der Waals surface area (Å²) in [6.45, 7) is 4.33. The SMILES string of the molecule is C[C@@H]1CCC[C@@H](C)N1C(=O)CSc1nc2ccccc2s1. The molecule has 0 bridgehead atoms. The Bertz CT molecular complexity index is 597. The van der Waals surface area contributed by atoms with Gasteiger partial charge in [-0.3, -0.25) is 4.79 Å². The molecule has 3 nitrogen and oxygen atoms in total. The number of rotatable bonds is 3. The first-order valence-corrected chi connectivity index (χ1v) is 9.25. The maximum Gasteiger partial charge on any atom is 0.233 e. The number of fused-ring (bicyclic) bond motifs is 1. The zero-order valence-electron chi connectivity index (χ0n) is 12.4. The molecule has 1 aliphatic heterocycles. The van der Waals surface area contributed by atoms with Crippen LogP contribution in [0.15, 0.2) is 28.6 Å². The Morgan fingerprint density at radius 3 is 2.76 bits per heavy atom. The molecule has 0 saturated carbocycles. The fraction of sp³-hybridized carbons (Fsp3) is 0.500. The van der Waals surface area contributed by atoms with Crippen molar-refractivity contribution >= 4 is 39.2 Å². The Kier molecular flexibility index (Phi) is 4.50. The number of thiazole rings is 1. The van der Waals surface area contributed by atoms with Gasteiger partial charge in [0.2, 0.25) is 5.91 Å². The quantitative estimate of drug-likeness (QED) is 0.796. The van der Waals surface area contributed by atoms with E-state index >= 15 is 0 Å². The average Bonchev–Trinajstić information content (AvgIpc) is 2.87. The molecule has 0 radical (unpaired) electrons. The highest BCUT2D eigenvalue weighted by atomic mass is 32.2. The molecule has 1 aliphatic rings. The zero-order chi connectivity index (χ0) is 14.8. The first-order chi connectivity index (χ1) is 10.1. The molecule has 3 rings (SSSR count). The summed E-state index contributed by atoms with van der Waals surface area (Å²) < 4.78 is 2.18. The monoisotopic (exact) mass is 320 g/mol. The van der Waals surface area contributed by atoms with Gasteiger partial charge in [-0.2, -0.15) is 0 Å². The number of piperidine rings is 1. The molecule has 1 aromatic carbocycles. The van der Waals surface area contributed by atoms with Crippen molar-refractivity contribution in [2.75, 3.05) is 5.75 Å². The van der Waals surface area contributed by atoms with Gasteiger partial charge in [0.15, 0.2) is 4.34 Å². The Morgan fingerprint density at radius 2 is 2.05 bits per heavy atom. The van der Waals surface area contributed by atoms with Gasteiger partial charge in [0.05, 0.1) is 16.0 Å². The van der Waals surface area contributed by atoms with Gasteiger partial charge in [-0.15, -0.1) is 11.3 Å². The number of aromatic nitrogens is 1. The predicted molar refractivity (Wildman–Crippen MR) is 90.0 cm³/mol. The van der Waals surface area contributed by atoms with Crippen LogP contribution in [0.3, 0.4) is 0 Å². The van der Waals surface area contributed by atoms with E-state index in [1.54, 1.807) is 23.1 Å². The largest absolute Gasteiger partial charge is 0.337 e. The number of carbonyl (C=O) groups is 1. The standard InChI is InChI=1S/C16H20N2OS2/c1-11-6-5-7-12(2)18(11)15(19)10-20-16-17-13-8-3-4-9-14(13)21-16/h3-4,8-9,11-12H,5-7,10H2,1-2H3/t11-,12-/m1/s1. The van der Waals surface area contributed by atoms with Crippen LogP contribution in [0.2, 0.25) is 0 Å². The lowest BCUT2D eigenvalue weighted by atomic mass is 9.98. The average molecular weight is 320 g/mol. The summed E-state index contributed by atoms with van der Waals surface area (Å²) in [4.78, 5) is 19.1. The van der Waals surface area contributed by atoms with Crippen LogP contribution in [0.4, 0.5) is 0 Å². The molecule has 1 saturated heterocycles. The second kappa shape index (κ2) is 6.36. The highest BCUT2D eigenvalue weighted by molar-refractivity contribution is 8.01. The number of para-hydroxylation sites is 1. The number of hydrogen-bond donors (Lipinski definition) is 0. The molecule has 2 aromatic rings. The van der Waals surface area contributed by atoms with Gasteiger partial charge >= 0.3 is 0 Å². The maximum absolute atomic E-state index is 12.5.